The molecule has 0 N–H and O–H groups in total. The molecule has 0 unspecified atom stereocenters. The zero-order valence-electron chi connectivity index (χ0n) is 7.36. The van der Waals surface area contributed by atoms with Crippen molar-refractivity contribution in [2.24, 2.45) is 4.99 Å². The number of fused-ring (bicyclic) bond motifs is 1. The molecule has 0 bridgehead atoms. The van der Waals surface area contributed by atoms with Crippen molar-refractivity contribution in [2.45, 2.75) is 0 Å². The summed E-state index contributed by atoms with van der Waals surface area (Å²) in [7, 11) is 0. The largest absolute Gasteiger partial charge is 0.464 e. The van der Waals surface area contributed by atoms with Crippen molar-refractivity contribution < 1.29 is 9.53 Å². The molecule has 0 saturated heterocycles. The maximum atomic E-state index is 11.3. The first kappa shape index (κ1) is 8.52. The number of carbonyl (C=O) groups is 1. The van der Waals surface area contributed by atoms with Gasteiger partial charge in [-0.1, -0.05) is 18.1 Å². The van der Waals surface area contributed by atoms with Crippen molar-refractivity contribution in [3.8, 4) is 12.3 Å². The summed E-state index contributed by atoms with van der Waals surface area (Å²) in [5.74, 6) is 2.38. The molecule has 3 nitrogen and oxygen atoms in total. The van der Waals surface area contributed by atoms with Gasteiger partial charge in [-0.15, -0.1) is 6.42 Å². The number of terminal acetylenes is 1. The van der Waals surface area contributed by atoms with Crippen molar-refractivity contribution in [1.82, 2.24) is 0 Å². The summed E-state index contributed by atoms with van der Waals surface area (Å²) in [6.07, 6.45) is 5.05. The van der Waals surface area contributed by atoms with Gasteiger partial charge in [-0.3, -0.25) is 4.79 Å². The van der Waals surface area contributed by atoms with E-state index < -0.39 is 0 Å². The summed E-state index contributed by atoms with van der Waals surface area (Å²) in [6.45, 7) is 0.125. The van der Waals surface area contributed by atoms with E-state index in [1.54, 1.807) is 18.2 Å². The quantitative estimate of drug-likeness (QED) is 0.617. The Morgan fingerprint density at radius 2 is 2.07 bits per heavy atom. The Morgan fingerprint density at radius 1 is 1.36 bits per heavy atom. The van der Waals surface area contributed by atoms with E-state index in [4.69, 9.17) is 11.2 Å². The van der Waals surface area contributed by atoms with E-state index in [1.165, 1.54) is 0 Å². The van der Waals surface area contributed by atoms with Gasteiger partial charge in [0.05, 0.1) is 5.56 Å². The molecule has 0 atom stereocenters. The van der Waals surface area contributed by atoms with Crippen LogP contribution in [-0.4, -0.2) is 18.4 Å². The third kappa shape index (κ3) is 1.27. The van der Waals surface area contributed by atoms with Gasteiger partial charge in [0.1, 0.15) is 0 Å². The minimum Gasteiger partial charge on any atom is -0.464 e. The van der Waals surface area contributed by atoms with Gasteiger partial charge in [0.25, 0.3) is 5.91 Å². The molecule has 1 aliphatic heterocycles. The highest BCUT2D eigenvalue weighted by atomic mass is 16.5. The van der Waals surface area contributed by atoms with E-state index >= 15 is 0 Å². The lowest BCUT2D eigenvalue weighted by Crippen LogP contribution is -2.04. The van der Waals surface area contributed by atoms with Gasteiger partial charge in [-0.05, 0) is 12.1 Å². The van der Waals surface area contributed by atoms with Gasteiger partial charge in [-0.2, -0.15) is 4.99 Å². The molecular formula is C11H7NO2. The second-order valence-electron chi connectivity index (χ2n) is 2.76. The van der Waals surface area contributed by atoms with Crippen molar-refractivity contribution in [3.63, 3.8) is 0 Å². The Morgan fingerprint density at radius 3 is 2.79 bits per heavy atom. The zero-order chi connectivity index (χ0) is 9.97. The van der Waals surface area contributed by atoms with Crippen LogP contribution in [0.4, 0.5) is 0 Å². The molecule has 1 heterocycles. The van der Waals surface area contributed by atoms with Crippen LogP contribution in [0.2, 0.25) is 0 Å². The molecule has 0 saturated carbocycles. The summed E-state index contributed by atoms with van der Waals surface area (Å²) in [5, 5.41) is 0. The van der Waals surface area contributed by atoms with E-state index in [0.717, 1.165) is 0 Å². The van der Waals surface area contributed by atoms with E-state index in [9.17, 15) is 4.79 Å². The molecule has 2 rings (SSSR count). The van der Waals surface area contributed by atoms with Crippen molar-refractivity contribution in [2.75, 3.05) is 6.61 Å². The minimum absolute atomic E-state index is 0.125. The Bertz CT molecular complexity index is 455. The number of hydrogen-bond acceptors (Lipinski definition) is 2. The van der Waals surface area contributed by atoms with Crippen LogP contribution in [0.5, 0.6) is 0 Å². The first-order chi connectivity index (χ1) is 6.83. The smallest absolute Gasteiger partial charge is 0.281 e. The highest BCUT2D eigenvalue weighted by molar-refractivity contribution is 6.18. The van der Waals surface area contributed by atoms with Gasteiger partial charge in [-0.25, -0.2) is 0 Å². The molecule has 1 amide bonds. The minimum atomic E-state index is -0.271. The number of ether oxygens (including phenoxy) is 1. The highest BCUT2D eigenvalue weighted by Gasteiger charge is 2.23. The molecule has 0 aromatic heterocycles. The van der Waals surface area contributed by atoms with Crippen LogP contribution in [0.3, 0.4) is 0 Å². The molecule has 0 spiro atoms. The number of benzene rings is 1. The lowest BCUT2D eigenvalue weighted by Gasteiger charge is -2.01. The third-order valence-electron chi connectivity index (χ3n) is 1.88. The molecule has 1 aromatic rings. The normalized spacial score (nSPS) is 13.1. The monoisotopic (exact) mass is 185 g/mol. The number of rotatable bonds is 1. The van der Waals surface area contributed by atoms with Crippen LogP contribution in [0.15, 0.2) is 29.3 Å². The SMILES string of the molecule is C#CCOC1=NC(=O)c2ccccc21. The molecule has 1 aliphatic rings. The topological polar surface area (TPSA) is 38.7 Å². The van der Waals surface area contributed by atoms with E-state index in [1.807, 2.05) is 6.07 Å². The molecule has 68 valence electrons. The van der Waals surface area contributed by atoms with Crippen LogP contribution in [-0.2, 0) is 4.74 Å². The van der Waals surface area contributed by atoms with Crippen molar-refractivity contribution in [3.05, 3.63) is 35.4 Å². The van der Waals surface area contributed by atoms with E-state index in [2.05, 4.69) is 10.9 Å². The molecule has 14 heavy (non-hydrogen) atoms. The average Bonchev–Trinajstić information content (AvgIpc) is 2.54. The molecule has 1 aromatic carbocycles. The second kappa shape index (κ2) is 3.35. The van der Waals surface area contributed by atoms with Crippen LogP contribution in [0.25, 0.3) is 0 Å². The Hall–Kier alpha value is -2.08. The maximum absolute atomic E-state index is 11.3. The van der Waals surface area contributed by atoms with Crippen molar-refractivity contribution >= 4 is 11.8 Å². The molecule has 3 heteroatoms. The lowest BCUT2D eigenvalue weighted by atomic mass is 10.1. The Kier molecular flexibility index (Phi) is 2.04. The predicted octanol–water partition coefficient (Wildman–Crippen LogP) is 1.24. The average molecular weight is 185 g/mol. The second-order valence-corrected chi connectivity index (χ2v) is 2.76. The summed E-state index contributed by atoms with van der Waals surface area (Å²) in [4.78, 5) is 15.1. The number of hydrogen-bond donors (Lipinski definition) is 0. The summed E-state index contributed by atoms with van der Waals surface area (Å²) in [5.41, 5.74) is 1.28. The molecular weight excluding hydrogens is 178 g/mol. The molecule has 0 fully saturated rings. The number of carbonyl (C=O) groups excluding carboxylic acids is 1. The summed E-state index contributed by atoms with van der Waals surface area (Å²) < 4.78 is 5.14. The third-order valence-corrected chi connectivity index (χ3v) is 1.88. The number of amides is 1. The first-order valence-corrected chi connectivity index (χ1v) is 4.11. The molecule has 0 radical (unpaired) electrons. The summed E-state index contributed by atoms with van der Waals surface area (Å²) >= 11 is 0. The fourth-order valence-electron chi connectivity index (χ4n) is 1.29. The van der Waals surface area contributed by atoms with Crippen LogP contribution in [0, 0.1) is 12.3 Å². The standard InChI is InChI=1S/C11H7NO2/c1-2-7-14-11-9-6-4-3-5-8(9)10(13)12-11/h1,3-6H,7H2. The van der Waals surface area contributed by atoms with Gasteiger partial charge >= 0.3 is 0 Å². The van der Waals surface area contributed by atoms with Crippen molar-refractivity contribution in [1.29, 1.82) is 0 Å². The number of nitrogens with zero attached hydrogens (tertiary/aromatic N) is 1. The predicted molar refractivity (Wildman–Crippen MR) is 52.1 cm³/mol. The fraction of sp³-hybridized carbons (Fsp3) is 0.0909. The summed E-state index contributed by atoms with van der Waals surface area (Å²) in [6, 6.07) is 7.12. The van der Waals surface area contributed by atoms with Gasteiger partial charge in [0.2, 0.25) is 5.90 Å². The van der Waals surface area contributed by atoms with Gasteiger partial charge in [0.15, 0.2) is 6.61 Å². The van der Waals surface area contributed by atoms with Crippen LogP contribution in [0.1, 0.15) is 15.9 Å². The van der Waals surface area contributed by atoms with Gasteiger partial charge in [0, 0.05) is 5.56 Å². The van der Waals surface area contributed by atoms with E-state index in [-0.39, 0.29) is 12.5 Å². The maximum Gasteiger partial charge on any atom is 0.281 e. The fourth-order valence-corrected chi connectivity index (χ4v) is 1.29. The zero-order valence-corrected chi connectivity index (χ0v) is 7.36. The van der Waals surface area contributed by atoms with Gasteiger partial charge < -0.3 is 4.74 Å². The van der Waals surface area contributed by atoms with Crippen LogP contribution < -0.4 is 0 Å². The Balaban J connectivity index is 2.35. The molecule has 0 aliphatic carbocycles. The number of aliphatic imine (C=N–C) groups is 1. The Labute approximate surface area is 81.4 Å². The van der Waals surface area contributed by atoms with Crippen LogP contribution >= 0.6 is 0 Å². The van der Waals surface area contributed by atoms with E-state index in [0.29, 0.717) is 17.0 Å². The lowest BCUT2D eigenvalue weighted by molar-refractivity contribution is 0.100. The first-order valence-electron chi connectivity index (χ1n) is 4.11. The highest BCUT2D eigenvalue weighted by Crippen LogP contribution is 2.18.